The lowest BCUT2D eigenvalue weighted by molar-refractivity contribution is 0.249. The van der Waals surface area contributed by atoms with Crippen molar-refractivity contribution in [2.24, 2.45) is 0 Å². The van der Waals surface area contributed by atoms with Gasteiger partial charge in [-0.1, -0.05) is 23.7 Å². The molecule has 104 valence electrons. The summed E-state index contributed by atoms with van der Waals surface area (Å²) in [5.41, 5.74) is 1.27. The van der Waals surface area contributed by atoms with E-state index in [9.17, 15) is 0 Å². The zero-order valence-corrected chi connectivity index (χ0v) is 12.0. The van der Waals surface area contributed by atoms with Crippen LogP contribution in [0.2, 0.25) is 5.02 Å². The third-order valence-corrected chi connectivity index (χ3v) is 3.79. The van der Waals surface area contributed by atoms with Crippen molar-refractivity contribution in [3.63, 3.8) is 0 Å². The molecule has 0 spiro atoms. The van der Waals surface area contributed by atoms with E-state index in [-0.39, 0.29) is 0 Å². The van der Waals surface area contributed by atoms with Gasteiger partial charge < -0.3 is 4.90 Å². The number of benzene rings is 1. The van der Waals surface area contributed by atoms with Crippen LogP contribution in [0, 0.1) is 0 Å². The molecule has 2 aromatic rings. The van der Waals surface area contributed by atoms with Crippen molar-refractivity contribution in [3.05, 3.63) is 53.4 Å². The Kier molecular flexibility index (Phi) is 4.14. The van der Waals surface area contributed by atoms with Crippen LogP contribution in [-0.2, 0) is 6.54 Å². The van der Waals surface area contributed by atoms with Crippen LogP contribution in [0.15, 0.2) is 42.9 Å². The molecule has 2 heterocycles. The van der Waals surface area contributed by atoms with Crippen molar-refractivity contribution >= 4 is 17.4 Å². The Hall–Kier alpha value is -1.65. The Morgan fingerprint density at radius 1 is 1.10 bits per heavy atom. The molecule has 1 saturated heterocycles. The van der Waals surface area contributed by atoms with Gasteiger partial charge >= 0.3 is 0 Å². The maximum atomic E-state index is 6.02. The van der Waals surface area contributed by atoms with Gasteiger partial charge in [0.15, 0.2) is 0 Å². The topological polar surface area (TPSA) is 32.3 Å². The van der Waals surface area contributed by atoms with Crippen LogP contribution < -0.4 is 4.90 Å². The van der Waals surface area contributed by atoms with Crippen LogP contribution in [0.3, 0.4) is 0 Å². The average Bonchev–Trinajstić information content (AvgIpc) is 2.49. The summed E-state index contributed by atoms with van der Waals surface area (Å²) in [4.78, 5) is 13.0. The van der Waals surface area contributed by atoms with Gasteiger partial charge in [0.05, 0.1) is 0 Å². The fourth-order valence-corrected chi connectivity index (χ4v) is 2.71. The van der Waals surface area contributed by atoms with Gasteiger partial charge in [-0.05, 0) is 23.8 Å². The third kappa shape index (κ3) is 3.26. The molecular formula is C15H17ClN4. The van der Waals surface area contributed by atoms with E-state index in [1.165, 1.54) is 5.56 Å². The Labute approximate surface area is 124 Å². The zero-order valence-electron chi connectivity index (χ0n) is 11.2. The summed E-state index contributed by atoms with van der Waals surface area (Å²) in [6.07, 6.45) is 3.40. The van der Waals surface area contributed by atoms with Crippen molar-refractivity contribution in [2.45, 2.75) is 6.54 Å². The molecule has 0 unspecified atom stereocenters. The smallest absolute Gasteiger partial charge is 0.131 e. The molecule has 1 aromatic carbocycles. The van der Waals surface area contributed by atoms with Gasteiger partial charge in [0, 0.05) is 43.9 Å². The van der Waals surface area contributed by atoms with E-state index >= 15 is 0 Å². The summed E-state index contributed by atoms with van der Waals surface area (Å²) in [6.45, 7) is 5.03. The van der Waals surface area contributed by atoms with Crippen LogP contribution in [0.4, 0.5) is 5.82 Å². The van der Waals surface area contributed by atoms with Crippen molar-refractivity contribution in [2.75, 3.05) is 31.1 Å². The average molecular weight is 289 g/mol. The highest BCUT2D eigenvalue weighted by molar-refractivity contribution is 6.30. The molecule has 1 aliphatic rings. The van der Waals surface area contributed by atoms with Crippen molar-refractivity contribution in [1.82, 2.24) is 14.9 Å². The lowest BCUT2D eigenvalue weighted by Gasteiger charge is -2.35. The summed E-state index contributed by atoms with van der Waals surface area (Å²) in [6, 6.07) is 10.1. The van der Waals surface area contributed by atoms with Gasteiger partial charge in [-0.2, -0.15) is 0 Å². The molecule has 0 atom stereocenters. The molecule has 0 aliphatic carbocycles. The Bertz CT molecular complexity index is 553. The number of piperazine rings is 1. The molecule has 0 bridgehead atoms. The second-order valence-electron chi connectivity index (χ2n) is 4.96. The number of rotatable bonds is 3. The summed E-state index contributed by atoms with van der Waals surface area (Å²) >= 11 is 6.02. The van der Waals surface area contributed by atoms with Crippen LogP contribution in [0.25, 0.3) is 0 Å². The first-order chi connectivity index (χ1) is 9.81. The number of hydrogen-bond donors (Lipinski definition) is 0. The van der Waals surface area contributed by atoms with Gasteiger partial charge in [0.1, 0.15) is 12.1 Å². The van der Waals surface area contributed by atoms with E-state index < -0.39 is 0 Å². The number of anilines is 1. The molecule has 4 nitrogen and oxygen atoms in total. The maximum Gasteiger partial charge on any atom is 0.131 e. The van der Waals surface area contributed by atoms with Crippen LogP contribution >= 0.6 is 11.6 Å². The molecule has 0 N–H and O–H groups in total. The summed E-state index contributed by atoms with van der Waals surface area (Å²) in [5, 5.41) is 0.808. The highest BCUT2D eigenvalue weighted by Gasteiger charge is 2.17. The van der Waals surface area contributed by atoms with Gasteiger partial charge in [0.2, 0.25) is 0 Å². The zero-order chi connectivity index (χ0) is 13.8. The molecule has 20 heavy (non-hydrogen) atoms. The first-order valence-corrected chi connectivity index (χ1v) is 7.17. The molecule has 3 rings (SSSR count). The maximum absolute atomic E-state index is 6.02. The highest BCUT2D eigenvalue weighted by Crippen LogP contribution is 2.16. The fraction of sp³-hybridized carbons (Fsp3) is 0.333. The molecule has 0 radical (unpaired) electrons. The van der Waals surface area contributed by atoms with E-state index in [1.54, 1.807) is 12.5 Å². The normalized spacial score (nSPS) is 16.4. The molecule has 5 heteroatoms. The minimum absolute atomic E-state index is 0.808. The number of nitrogens with zero attached hydrogens (tertiary/aromatic N) is 4. The first-order valence-electron chi connectivity index (χ1n) is 6.79. The molecule has 0 saturated carbocycles. The number of halogens is 1. The number of hydrogen-bond acceptors (Lipinski definition) is 4. The van der Waals surface area contributed by atoms with Crippen molar-refractivity contribution < 1.29 is 0 Å². The Morgan fingerprint density at radius 2 is 1.95 bits per heavy atom. The Morgan fingerprint density at radius 3 is 2.65 bits per heavy atom. The SMILES string of the molecule is Clc1cccc(CN2CCN(c3ccncn3)CC2)c1. The third-order valence-electron chi connectivity index (χ3n) is 3.56. The molecule has 1 fully saturated rings. The van der Waals surface area contributed by atoms with E-state index in [2.05, 4.69) is 25.8 Å². The second kappa shape index (κ2) is 6.20. The monoisotopic (exact) mass is 288 g/mol. The van der Waals surface area contributed by atoms with Crippen molar-refractivity contribution in [3.8, 4) is 0 Å². The largest absolute Gasteiger partial charge is 0.354 e. The summed E-state index contributed by atoms with van der Waals surface area (Å²) < 4.78 is 0. The van der Waals surface area contributed by atoms with Crippen molar-refractivity contribution in [1.29, 1.82) is 0 Å². The van der Waals surface area contributed by atoms with Crippen LogP contribution in [-0.4, -0.2) is 41.0 Å². The Balaban J connectivity index is 1.56. The lowest BCUT2D eigenvalue weighted by atomic mass is 10.2. The van der Waals surface area contributed by atoms with Gasteiger partial charge in [-0.25, -0.2) is 9.97 Å². The van der Waals surface area contributed by atoms with E-state index in [0.29, 0.717) is 0 Å². The first kappa shape index (κ1) is 13.3. The second-order valence-corrected chi connectivity index (χ2v) is 5.40. The molecular weight excluding hydrogens is 272 g/mol. The quantitative estimate of drug-likeness (QED) is 0.868. The van der Waals surface area contributed by atoms with Crippen LogP contribution in [0.5, 0.6) is 0 Å². The highest BCUT2D eigenvalue weighted by atomic mass is 35.5. The predicted octanol–water partition coefficient (Wildman–Crippen LogP) is 2.45. The van der Waals surface area contributed by atoms with Gasteiger partial charge in [-0.3, -0.25) is 4.90 Å². The van der Waals surface area contributed by atoms with Crippen LogP contribution in [0.1, 0.15) is 5.56 Å². The molecule has 1 aromatic heterocycles. The molecule has 0 amide bonds. The van der Waals surface area contributed by atoms with E-state index in [1.807, 2.05) is 24.3 Å². The fourth-order valence-electron chi connectivity index (χ4n) is 2.50. The minimum atomic E-state index is 0.808. The standard InChI is InChI=1S/C15H17ClN4/c16-14-3-1-2-13(10-14)11-19-6-8-20(9-7-19)15-4-5-17-12-18-15/h1-5,10,12H,6-9,11H2. The van der Waals surface area contributed by atoms with Gasteiger partial charge in [-0.15, -0.1) is 0 Å². The summed E-state index contributed by atoms with van der Waals surface area (Å²) in [5.74, 6) is 1.02. The minimum Gasteiger partial charge on any atom is -0.354 e. The molecule has 1 aliphatic heterocycles. The lowest BCUT2D eigenvalue weighted by Crippen LogP contribution is -2.46. The van der Waals surface area contributed by atoms with E-state index in [0.717, 1.165) is 43.6 Å². The van der Waals surface area contributed by atoms with Gasteiger partial charge in [0.25, 0.3) is 0 Å². The predicted molar refractivity (Wildman–Crippen MR) is 81.0 cm³/mol. The number of aromatic nitrogens is 2. The van der Waals surface area contributed by atoms with E-state index in [4.69, 9.17) is 11.6 Å². The summed E-state index contributed by atoms with van der Waals surface area (Å²) in [7, 11) is 0.